The minimum absolute atomic E-state index is 0.0519. The summed E-state index contributed by atoms with van der Waals surface area (Å²) in [6.45, 7) is 10.6. The summed E-state index contributed by atoms with van der Waals surface area (Å²) >= 11 is 0. The number of nitrogens with zero attached hydrogens (tertiary/aromatic N) is 3. The summed E-state index contributed by atoms with van der Waals surface area (Å²) in [4.78, 5) is 19.1. The Morgan fingerprint density at radius 1 is 1.28 bits per heavy atom. The van der Waals surface area contributed by atoms with Gasteiger partial charge in [-0.2, -0.15) is 4.39 Å². The van der Waals surface area contributed by atoms with Crippen molar-refractivity contribution in [3.8, 4) is 0 Å². The van der Waals surface area contributed by atoms with Crippen LogP contribution in [0.15, 0.2) is 24.4 Å². The van der Waals surface area contributed by atoms with Crippen LogP contribution in [0.25, 0.3) is 5.52 Å². The Kier molecular flexibility index (Phi) is 4.72. The molecule has 0 spiro atoms. The van der Waals surface area contributed by atoms with Gasteiger partial charge >= 0.3 is 0 Å². The second-order valence-corrected chi connectivity index (χ2v) is 9.67. The summed E-state index contributed by atoms with van der Waals surface area (Å²) < 4.78 is 21.3. The first-order valence-electron chi connectivity index (χ1n) is 10.0. The van der Waals surface area contributed by atoms with Crippen LogP contribution in [0.2, 0.25) is 0 Å². The molecule has 1 aliphatic heterocycles. The molecule has 4 atom stereocenters. The van der Waals surface area contributed by atoms with E-state index in [4.69, 9.17) is 4.74 Å². The van der Waals surface area contributed by atoms with E-state index >= 15 is 0 Å². The third-order valence-electron chi connectivity index (χ3n) is 5.79. The first kappa shape index (κ1) is 20.3. The number of nitrogens with one attached hydrogen (secondary N) is 1. The first-order chi connectivity index (χ1) is 13.5. The predicted molar refractivity (Wildman–Crippen MR) is 105 cm³/mol. The van der Waals surface area contributed by atoms with Gasteiger partial charge < -0.3 is 15.2 Å². The van der Waals surface area contributed by atoms with Gasteiger partial charge in [-0.05, 0) is 58.6 Å². The number of hydrogen-bond acceptors (Lipinski definition) is 5. The molecule has 158 valence electrons. The van der Waals surface area contributed by atoms with E-state index in [-0.39, 0.29) is 23.7 Å². The number of aromatic nitrogens is 2. The van der Waals surface area contributed by atoms with E-state index in [1.54, 1.807) is 18.3 Å². The lowest BCUT2D eigenvalue weighted by Gasteiger charge is -2.31. The largest absolute Gasteiger partial charge is 0.356 e. The van der Waals surface area contributed by atoms with Gasteiger partial charge in [-0.1, -0.05) is 6.07 Å². The van der Waals surface area contributed by atoms with Gasteiger partial charge in [-0.15, -0.1) is 0 Å². The van der Waals surface area contributed by atoms with E-state index in [0.717, 1.165) is 0 Å². The van der Waals surface area contributed by atoms with E-state index in [9.17, 15) is 14.3 Å². The molecule has 7 nitrogen and oxygen atoms in total. The lowest BCUT2D eigenvalue weighted by Crippen LogP contribution is -2.46. The average Bonchev–Trinajstić information content (AvgIpc) is 2.96. The first-order valence-corrected chi connectivity index (χ1v) is 10.0. The molecule has 2 fully saturated rings. The number of rotatable bonds is 5. The van der Waals surface area contributed by atoms with Gasteiger partial charge in [0.25, 0.3) is 0 Å². The maximum Gasteiger partial charge on any atom is 0.224 e. The quantitative estimate of drug-likeness (QED) is 0.589. The molecule has 0 radical (unpaired) electrons. The number of likely N-dealkylation sites (tertiary alicyclic amines) is 1. The number of aliphatic hydroxyl groups is 1. The van der Waals surface area contributed by atoms with Crippen molar-refractivity contribution >= 4 is 11.4 Å². The van der Waals surface area contributed by atoms with Crippen molar-refractivity contribution in [3.05, 3.63) is 36.2 Å². The summed E-state index contributed by atoms with van der Waals surface area (Å²) in [5, 5.41) is 13.3. The van der Waals surface area contributed by atoms with Crippen LogP contribution in [0.5, 0.6) is 0 Å². The van der Waals surface area contributed by atoms with Gasteiger partial charge in [0.05, 0.1) is 22.9 Å². The molecular formula is C21H29FN4O3. The number of imidazole rings is 1. The predicted octanol–water partition coefficient (Wildman–Crippen LogP) is 2.09. The fourth-order valence-corrected chi connectivity index (χ4v) is 4.41. The van der Waals surface area contributed by atoms with Crippen LogP contribution >= 0.6 is 0 Å². The normalized spacial score (nSPS) is 25.8. The summed E-state index contributed by atoms with van der Waals surface area (Å²) in [7, 11) is 0. The molecule has 2 unspecified atom stereocenters. The third kappa shape index (κ3) is 3.76. The van der Waals surface area contributed by atoms with E-state index in [1.165, 1.54) is 10.5 Å². The molecule has 1 saturated heterocycles. The highest BCUT2D eigenvalue weighted by Gasteiger charge is 2.60. The van der Waals surface area contributed by atoms with Crippen molar-refractivity contribution in [2.24, 2.45) is 17.8 Å². The van der Waals surface area contributed by atoms with Crippen molar-refractivity contribution in [2.75, 3.05) is 13.1 Å². The minimum Gasteiger partial charge on any atom is -0.356 e. The van der Waals surface area contributed by atoms with Crippen LogP contribution in [-0.4, -0.2) is 50.4 Å². The molecule has 29 heavy (non-hydrogen) atoms. The fourth-order valence-electron chi connectivity index (χ4n) is 4.41. The molecule has 8 heteroatoms. The number of halogens is 1. The Morgan fingerprint density at radius 2 is 1.93 bits per heavy atom. The molecule has 4 rings (SSSR count). The maximum atomic E-state index is 14.3. The number of ether oxygens (including phenoxy) is 1. The Morgan fingerprint density at radius 3 is 2.55 bits per heavy atom. The number of pyridine rings is 1. The zero-order valence-corrected chi connectivity index (χ0v) is 17.5. The number of carbonyl (C=O) groups is 1. The van der Waals surface area contributed by atoms with Crippen molar-refractivity contribution in [2.45, 2.75) is 52.2 Å². The maximum absolute atomic E-state index is 14.3. The fraction of sp³-hybridized carbons (Fsp3) is 0.619. The molecule has 2 aromatic rings. The van der Waals surface area contributed by atoms with E-state index in [0.29, 0.717) is 24.4 Å². The van der Waals surface area contributed by atoms with Crippen LogP contribution in [0.4, 0.5) is 4.39 Å². The summed E-state index contributed by atoms with van der Waals surface area (Å²) in [6.07, 6.45) is 0.648. The molecule has 1 amide bonds. The van der Waals surface area contributed by atoms with Gasteiger partial charge in [-0.3, -0.25) is 14.1 Å². The average molecular weight is 404 g/mol. The molecule has 1 saturated carbocycles. The van der Waals surface area contributed by atoms with Crippen LogP contribution in [0, 0.1) is 23.7 Å². The van der Waals surface area contributed by atoms with Gasteiger partial charge in [0.15, 0.2) is 5.95 Å². The Balaban J connectivity index is 1.40. The second-order valence-electron chi connectivity index (χ2n) is 9.67. The third-order valence-corrected chi connectivity index (χ3v) is 5.79. The van der Waals surface area contributed by atoms with Crippen LogP contribution in [0.1, 0.15) is 40.4 Å². The van der Waals surface area contributed by atoms with E-state index in [1.807, 2.05) is 39.5 Å². The van der Waals surface area contributed by atoms with Gasteiger partial charge in [0, 0.05) is 19.0 Å². The lowest BCUT2D eigenvalue weighted by molar-refractivity contribution is -0.236. The number of amides is 1. The van der Waals surface area contributed by atoms with Crippen molar-refractivity contribution < 1.29 is 19.0 Å². The Labute approximate surface area is 169 Å². The highest BCUT2D eigenvalue weighted by molar-refractivity contribution is 5.83. The number of aliphatic hydroxyl groups excluding tert-OH is 1. The molecule has 0 aromatic carbocycles. The molecule has 1 aliphatic carbocycles. The highest BCUT2D eigenvalue weighted by Crippen LogP contribution is 2.52. The van der Waals surface area contributed by atoms with Gasteiger partial charge in [-0.25, -0.2) is 4.98 Å². The van der Waals surface area contributed by atoms with E-state index < -0.39 is 23.5 Å². The second kappa shape index (κ2) is 6.75. The van der Waals surface area contributed by atoms with Crippen LogP contribution in [0.3, 0.4) is 0 Å². The van der Waals surface area contributed by atoms with Crippen molar-refractivity contribution in [1.82, 2.24) is 19.6 Å². The number of fused-ring (bicyclic) bond motifs is 2. The van der Waals surface area contributed by atoms with Gasteiger partial charge in [0.1, 0.15) is 5.82 Å². The Bertz CT molecular complexity index is 924. The standard InChI is InChI=1S/C21H29FN4O3/c1-20(2,3)29-19(28)25-10-13-14(11-25)16(13)17(27)24-21(4,5)18-23-9-12-7-6-8-15(22)26(12)18/h6-9,13-14,16,19,28H,10-11H2,1-5H3,(H,24,27)/t13-,14+,16?,19?. The monoisotopic (exact) mass is 404 g/mol. The van der Waals surface area contributed by atoms with Gasteiger partial charge in [0.2, 0.25) is 12.3 Å². The Hall–Kier alpha value is -2.03. The lowest BCUT2D eigenvalue weighted by atomic mass is 10.0. The molecule has 2 aliphatic rings. The summed E-state index contributed by atoms with van der Waals surface area (Å²) in [6, 6.07) is 4.79. The number of hydrogen-bond donors (Lipinski definition) is 2. The SMILES string of the molecule is CC(C)(C)OC(O)N1C[C@@H]2C(C(=O)NC(C)(C)c3ncc4cccc(F)n34)[C@@H]2C1. The molecule has 0 bridgehead atoms. The molecule has 2 aromatic heterocycles. The minimum atomic E-state index is -0.956. The molecule has 2 N–H and O–H groups in total. The van der Waals surface area contributed by atoms with E-state index in [2.05, 4.69) is 10.3 Å². The summed E-state index contributed by atoms with van der Waals surface area (Å²) in [5.41, 5.74) is -0.610. The zero-order valence-electron chi connectivity index (χ0n) is 17.5. The van der Waals surface area contributed by atoms with Crippen molar-refractivity contribution in [3.63, 3.8) is 0 Å². The number of piperidine rings is 1. The van der Waals surface area contributed by atoms with Crippen LogP contribution < -0.4 is 5.32 Å². The molecular weight excluding hydrogens is 375 g/mol. The highest BCUT2D eigenvalue weighted by atomic mass is 19.1. The smallest absolute Gasteiger partial charge is 0.224 e. The van der Waals surface area contributed by atoms with Crippen molar-refractivity contribution in [1.29, 1.82) is 0 Å². The van der Waals surface area contributed by atoms with Crippen LogP contribution in [-0.2, 0) is 15.1 Å². The molecule has 3 heterocycles. The summed E-state index contributed by atoms with van der Waals surface area (Å²) in [5.74, 6) is 0.312. The topological polar surface area (TPSA) is 79.1 Å². The number of carbonyl (C=O) groups excluding carboxylic acids is 1. The zero-order chi connectivity index (χ0) is 21.1.